The second-order valence-corrected chi connectivity index (χ2v) is 5.17. The number of ether oxygens (including phenoxy) is 1. The number of rotatable bonds is 8. The molecule has 0 unspecified atom stereocenters. The number of unbranched alkanes of at least 4 members (excludes halogenated alkanes) is 1. The van der Waals surface area contributed by atoms with Crippen molar-refractivity contribution in [3.8, 4) is 5.75 Å². The van der Waals surface area contributed by atoms with Gasteiger partial charge in [0.25, 0.3) is 16.9 Å². The summed E-state index contributed by atoms with van der Waals surface area (Å²) in [7, 11) is 3.75. The summed E-state index contributed by atoms with van der Waals surface area (Å²) in [6.07, 6.45) is 0.830. The Balaban J connectivity index is 0.000000970. The quantitative estimate of drug-likeness (QED) is 0.326. The summed E-state index contributed by atoms with van der Waals surface area (Å²) in [5.74, 6) is -0.168. The number of imide groups is 1. The number of nitrogens with one attached hydrogen (secondary N) is 1. The van der Waals surface area contributed by atoms with Crippen LogP contribution < -0.4 is 10.1 Å². The molecular formula is C16H23N3O6. The van der Waals surface area contributed by atoms with Crippen molar-refractivity contribution in [3.05, 3.63) is 39.4 Å². The van der Waals surface area contributed by atoms with Gasteiger partial charge in [-0.25, -0.2) is 0 Å². The third-order valence-corrected chi connectivity index (χ3v) is 3.23. The van der Waals surface area contributed by atoms with E-state index in [9.17, 15) is 19.7 Å². The summed E-state index contributed by atoms with van der Waals surface area (Å²) in [4.78, 5) is 39.8. The summed E-state index contributed by atoms with van der Waals surface area (Å²) < 4.78 is 5.32. The molecule has 1 N–H and O–H groups in total. The van der Waals surface area contributed by atoms with Crippen LogP contribution >= 0.6 is 0 Å². The highest BCUT2D eigenvalue weighted by Crippen LogP contribution is 2.27. The average molecular weight is 353 g/mol. The van der Waals surface area contributed by atoms with Crippen molar-refractivity contribution in [1.82, 2.24) is 10.2 Å². The molecule has 138 valence electrons. The van der Waals surface area contributed by atoms with Crippen molar-refractivity contribution < 1.29 is 24.3 Å². The van der Waals surface area contributed by atoms with Crippen LogP contribution in [0.2, 0.25) is 0 Å². The lowest BCUT2D eigenvalue weighted by atomic mass is 10.1. The number of hydrogen-bond acceptors (Lipinski definition) is 7. The monoisotopic (exact) mass is 353 g/mol. The number of hydrogen-bond donors (Lipinski definition) is 1. The number of carbonyl (C=O) groups excluding carboxylic acids is 2. The Morgan fingerprint density at radius 2 is 1.80 bits per heavy atom. The lowest BCUT2D eigenvalue weighted by Gasteiger charge is -2.13. The third kappa shape index (κ3) is 5.71. The molecule has 25 heavy (non-hydrogen) atoms. The minimum atomic E-state index is -0.864. The Morgan fingerprint density at radius 3 is 2.40 bits per heavy atom. The Kier molecular flexibility index (Phi) is 8.34. The molecule has 0 atom stereocenters. The van der Waals surface area contributed by atoms with Gasteiger partial charge in [0.05, 0.1) is 24.3 Å². The second kappa shape index (κ2) is 10.2. The van der Waals surface area contributed by atoms with Gasteiger partial charge in [0, 0.05) is 6.54 Å². The van der Waals surface area contributed by atoms with E-state index in [-0.39, 0.29) is 25.0 Å². The number of amides is 2. The fourth-order valence-electron chi connectivity index (χ4n) is 2.24. The first kappa shape index (κ1) is 20.4. The Morgan fingerprint density at radius 1 is 1.16 bits per heavy atom. The predicted octanol–water partition coefficient (Wildman–Crippen LogP) is 1.51. The first-order valence-corrected chi connectivity index (χ1v) is 7.95. The zero-order chi connectivity index (χ0) is 18.8. The van der Waals surface area contributed by atoms with Gasteiger partial charge in [-0.15, -0.1) is 10.1 Å². The second-order valence-electron chi connectivity index (χ2n) is 5.17. The van der Waals surface area contributed by atoms with Crippen molar-refractivity contribution in [2.24, 2.45) is 0 Å². The molecule has 0 aliphatic carbocycles. The normalized spacial score (nSPS) is 12.4. The van der Waals surface area contributed by atoms with Crippen LogP contribution in [0.15, 0.2) is 18.2 Å². The molecule has 0 saturated heterocycles. The lowest BCUT2D eigenvalue weighted by molar-refractivity contribution is -0.757. The van der Waals surface area contributed by atoms with E-state index in [4.69, 9.17) is 4.74 Å². The summed E-state index contributed by atoms with van der Waals surface area (Å²) in [6, 6.07) is 4.80. The molecule has 0 aromatic heterocycles. The van der Waals surface area contributed by atoms with Crippen LogP contribution in [0.5, 0.6) is 5.75 Å². The van der Waals surface area contributed by atoms with Crippen LogP contribution in [0.1, 0.15) is 40.5 Å². The van der Waals surface area contributed by atoms with Crippen molar-refractivity contribution in [1.29, 1.82) is 0 Å². The Bertz CT molecular complexity index is 620. The van der Waals surface area contributed by atoms with Crippen molar-refractivity contribution in [3.63, 3.8) is 0 Å². The molecule has 1 aromatic rings. The SMILES string of the molecule is CCOc1ccc2c(c1)C(=O)N(CCCCO[N+](=O)[O-])C2=O.CNC. The van der Waals surface area contributed by atoms with Gasteiger partial charge in [-0.05, 0) is 52.1 Å². The maximum atomic E-state index is 12.2. The van der Waals surface area contributed by atoms with E-state index in [0.717, 1.165) is 4.90 Å². The average Bonchev–Trinajstić information content (AvgIpc) is 2.80. The summed E-state index contributed by atoms with van der Waals surface area (Å²) in [5, 5.41) is 11.9. The van der Waals surface area contributed by atoms with Crippen molar-refractivity contribution in [2.75, 3.05) is 33.9 Å². The standard InChI is InChI=1S/C14H16N2O6.C2H7N/c1-2-21-10-5-6-11-12(9-10)14(18)15(13(11)17)7-3-4-8-22-16(19)20;1-3-2/h5-6,9H,2-4,7-8H2,1H3;3H,1-2H3. The zero-order valence-electron chi connectivity index (χ0n) is 14.6. The summed E-state index contributed by atoms with van der Waals surface area (Å²) >= 11 is 0. The van der Waals surface area contributed by atoms with Crippen LogP contribution in [-0.4, -0.2) is 55.7 Å². The number of carbonyl (C=O) groups is 2. The largest absolute Gasteiger partial charge is 0.494 e. The molecule has 9 nitrogen and oxygen atoms in total. The first-order valence-electron chi connectivity index (χ1n) is 7.95. The fourth-order valence-corrected chi connectivity index (χ4v) is 2.24. The van der Waals surface area contributed by atoms with Crippen LogP contribution in [0, 0.1) is 10.1 Å². The van der Waals surface area contributed by atoms with Gasteiger partial charge >= 0.3 is 0 Å². The maximum absolute atomic E-state index is 12.2. The third-order valence-electron chi connectivity index (χ3n) is 3.23. The molecule has 1 heterocycles. The minimum absolute atomic E-state index is 0.0509. The molecule has 1 aliphatic rings. The van der Waals surface area contributed by atoms with Crippen LogP contribution in [0.25, 0.3) is 0 Å². The van der Waals surface area contributed by atoms with Crippen LogP contribution in [0.3, 0.4) is 0 Å². The lowest BCUT2D eigenvalue weighted by Crippen LogP contribution is -2.30. The molecule has 2 rings (SSSR count). The summed E-state index contributed by atoms with van der Waals surface area (Å²) in [6.45, 7) is 2.46. The van der Waals surface area contributed by atoms with E-state index in [0.29, 0.717) is 36.3 Å². The molecule has 1 aromatic carbocycles. The Hall–Kier alpha value is -2.68. The van der Waals surface area contributed by atoms with Gasteiger partial charge < -0.3 is 14.9 Å². The van der Waals surface area contributed by atoms with Gasteiger partial charge in [-0.2, -0.15) is 0 Å². The topological polar surface area (TPSA) is 111 Å². The van der Waals surface area contributed by atoms with Crippen LogP contribution in [-0.2, 0) is 4.84 Å². The molecule has 0 bridgehead atoms. The molecule has 0 fully saturated rings. The van der Waals surface area contributed by atoms with Crippen molar-refractivity contribution in [2.45, 2.75) is 19.8 Å². The summed E-state index contributed by atoms with van der Waals surface area (Å²) in [5.41, 5.74) is 0.687. The van der Waals surface area contributed by atoms with Gasteiger partial charge in [0.1, 0.15) is 5.75 Å². The van der Waals surface area contributed by atoms with Gasteiger partial charge in [-0.1, -0.05) is 0 Å². The first-order chi connectivity index (χ1) is 12.0. The molecular weight excluding hydrogens is 330 g/mol. The maximum Gasteiger partial charge on any atom is 0.294 e. The molecule has 1 aliphatic heterocycles. The van der Waals surface area contributed by atoms with Gasteiger partial charge in [-0.3, -0.25) is 14.5 Å². The highest BCUT2D eigenvalue weighted by molar-refractivity contribution is 6.21. The van der Waals surface area contributed by atoms with E-state index in [1.165, 1.54) is 0 Å². The number of nitrogens with zero attached hydrogens (tertiary/aromatic N) is 2. The Labute approximate surface area is 146 Å². The van der Waals surface area contributed by atoms with Gasteiger partial charge in [0.2, 0.25) is 0 Å². The molecule has 0 radical (unpaired) electrons. The van der Waals surface area contributed by atoms with E-state index >= 15 is 0 Å². The van der Waals surface area contributed by atoms with E-state index in [1.54, 1.807) is 18.2 Å². The van der Waals surface area contributed by atoms with E-state index in [1.807, 2.05) is 21.0 Å². The number of benzene rings is 1. The van der Waals surface area contributed by atoms with E-state index < -0.39 is 5.09 Å². The number of fused-ring (bicyclic) bond motifs is 1. The zero-order valence-corrected chi connectivity index (χ0v) is 14.6. The highest BCUT2D eigenvalue weighted by Gasteiger charge is 2.35. The highest BCUT2D eigenvalue weighted by atomic mass is 16.9. The fraction of sp³-hybridized carbons (Fsp3) is 0.500. The minimum Gasteiger partial charge on any atom is -0.494 e. The van der Waals surface area contributed by atoms with Gasteiger partial charge in [0.15, 0.2) is 0 Å². The molecule has 2 amide bonds. The molecule has 0 saturated carbocycles. The van der Waals surface area contributed by atoms with Crippen molar-refractivity contribution >= 4 is 11.8 Å². The van der Waals surface area contributed by atoms with Crippen LogP contribution in [0.4, 0.5) is 0 Å². The van der Waals surface area contributed by atoms with E-state index in [2.05, 4.69) is 10.2 Å². The molecule has 0 spiro atoms. The predicted molar refractivity (Wildman–Crippen MR) is 90.1 cm³/mol. The smallest absolute Gasteiger partial charge is 0.294 e. The molecule has 9 heteroatoms.